The van der Waals surface area contributed by atoms with Crippen molar-refractivity contribution in [1.29, 1.82) is 0 Å². The average molecular weight is 641 g/mol. The van der Waals surface area contributed by atoms with Crippen LogP contribution in [-0.2, 0) is 28.7 Å². The van der Waals surface area contributed by atoms with Crippen molar-refractivity contribution in [2.24, 2.45) is 0 Å². The molecule has 0 fully saturated rings. The fraction of sp³-hybridized carbons (Fsp3) is 0.765. The van der Waals surface area contributed by atoms with Crippen molar-refractivity contribution in [3.8, 4) is 0 Å². The minimum atomic E-state index is -1.31. The first-order valence-corrected chi connectivity index (χ1v) is 16.2. The van der Waals surface area contributed by atoms with Crippen LogP contribution in [-0.4, -0.2) is 37.1 Å². The van der Waals surface area contributed by atoms with E-state index < -0.39 is 36.7 Å². The van der Waals surface area contributed by atoms with E-state index in [2.05, 4.69) is 27.0 Å². The second kappa shape index (κ2) is 38.5. The van der Waals surface area contributed by atoms with Crippen LogP contribution in [0.25, 0.3) is 0 Å². The minimum Gasteiger partial charge on any atom is -0.550 e. The number of esters is 2. The van der Waals surface area contributed by atoms with Crippen LogP contribution < -0.4 is 69.3 Å². The fourth-order valence-corrected chi connectivity index (χ4v) is 4.21. The van der Waals surface area contributed by atoms with Gasteiger partial charge in [0.15, 0.2) is 0 Å². The van der Waals surface area contributed by atoms with Crippen LogP contribution in [0, 0.1) is 0 Å². The number of carbonyl (C=O) groups excluding carboxylic acids is 4. The van der Waals surface area contributed by atoms with Crippen molar-refractivity contribution < 1.29 is 98.0 Å². The van der Waals surface area contributed by atoms with Crippen molar-refractivity contribution in [1.82, 2.24) is 0 Å². The van der Waals surface area contributed by atoms with Gasteiger partial charge in [-0.15, -0.1) is 0 Å². The van der Waals surface area contributed by atoms with E-state index in [1.165, 1.54) is 89.9 Å². The molecule has 0 N–H and O–H groups in total. The normalized spacial score (nSPS) is 9.86. The van der Waals surface area contributed by atoms with E-state index in [1.54, 1.807) is 0 Å². The van der Waals surface area contributed by atoms with Crippen LogP contribution >= 0.6 is 0 Å². The first-order valence-electron chi connectivity index (χ1n) is 16.2. The molecule has 0 atom stereocenters. The van der Waals surface area contributed by atoms with E-state index in [4.69, 9.17) is 9.47 Å². The number of aliphatic carboxylic acids is 2. The molecule has 0 aliphatic carbocycles. The first-order chi connectivity index (χ1) is 20.1. The number of ether oxygens (including phenoxy) is 2. The fourth-order valence-electron chi connectivity index (χ4n) is 4.21. The number of hydrogen-bond acceptors (Lipinski definition) is 8. The summed E-state index contributed by atoms with van der Waals surface area (Å²) >= 11 is 0. The van der Waals surface area contributed by atoms with Gasteiger partial charge >= 0.3 is 71.1 Å². The zero-order valence-corrected chi connectivity index (χ0v) is 32.7. The summed E-state index contributed by atoms with van der Waals surface area (Å²) in [5.41, 5.74) is -0.107. The van der Waals surface area contributed by atoms with Crippen LogP contribution in [0.15, 0.2) is 24.3 Å². The molecule has 0 unspecified atom stereocenters. The van der Waals surface area contributed by atoms with Crippen LogP contribution in [0.1, 0.15) is 155 Å². The second-order valence-corrected chi connectivity index (χ2v) is 10.9. The third kappa shape index (κ3) is 39.4. The predicted octanol–water partition coefficient (Wildman–Crippen LogP) is 0.301. The molecule has 0 aliphatic rings. The van der Waals surface area contributed by atoms with Gasteiger partial charge in [0.25, 0.3) is 0 Å². The summed E-state index contributed by atoms with van der Waals surface area (Å²) in [6, 6.07) is 0. The summed E-state index contributed by atoms with van der Waals surface area (Å²) < 4.78 is 9.89. The number of unbranched alkanes of at least 4 members (excludes halogenated alkanes) is 18. The molecule has 0 saturated heterocycles. The van der Waals surface area contributed by atoms with Gasteiger partial charge < -0.3 is 29.3 Å². The number of carboxylic acids is 2. The largest absolute Gasteiger partial charge is 1.00 e. The Morgan fingerprint density at radius 2 is 0.682 bits per heavy atom. The molecule has 10 heteroatoms. The Labute approximate surface area is 312 Å². The standard InChI is InChI=1S/2C17H30O4.2Na/c2*1-3-4-5-6-7-8-9-10-11-12-13-21-17(20)15(2)14-16(18)19;;/h2*2-14H2,1H3,(H,18,19);;/q;;2*+1/p-2. The van der Waals surface area contributed by atoms with Crippen molar-refractivity contribution in [3.63, 3.8) is 0 Å². The monoisotopic (exact) mass is 640 g/mol. The minimum absolute atomic E-state index is 0. The SMILES string of the molecule is C=C(CC(=O)[O-])C(=O)OCCCCCCCCCCCC.C=C(CC(=O)[O-])C(=O)OCCCCCCCCCCCC.[Na+].[Na+]. The zero-order chi connectivity index (χ0) is 31.8. The number of rotatable bonds is 28. The van der Waals surface area contributed by atoms with Gasteiger partial charge in [0.2, 0.25) is 0 Å². The molecule has 0 aromatic carbocycles. The summed E-state index contributed by atoms with van der Waals surface area (Å²) in [6.45, 7) is 11.9. The van der Waals surface area contributed by atoms with Gasteiger partial charge in [-0.25, -0.2) is 9.59 Å². The van der Waals surface area contributed by atoms with Crippen molar-refractivity contribution in [2.75, 3.05) is 13.2 Å². The van der Waals surface area contributed by atoms with E-state index in [9.17, 15) is 29.4 Å². The maximum atomic E-state index is 11.3. The Bertz CT molecular complexity index is 694. The summed E-state index contributed by atoms with van der Waals surface area (Å²) in [5.74, 6) is -3.88. The third-order valence-electron chi connectivity index (χ3n) is 6.75. The summed E-state index contributed by atoms with van der Waals surface area (Å²) in [7, 11) is 0. The predicted molar refractivity (Wildman–Crippen MR) is 163 cm³/mol. The van der Waals surface area contributed by atoms with Gasteiger partial charge in [-0.2, -0.15) is 0 Å². The Morgan fingerprint density at radius 3 is 0.909 bits per heavy atom. The molecule has 0 aromatic rings. The third-order valence-corrected chi connectivity index (χ3v) is 6.75. The number of carboxylic acid groups (broad SMARTS) is 2. The number of carbonyl (C=O) groups is 4. The molecule has 0 radical (unpaired) electrons. The molecule has 244 valence electrons. The Kier molecular flexibility index (Phi) is 44.0. The van der Waals surface area contributed by atoms with E-state index >= 15 is 0 Å². The smallest absolute Gasteiger partial charge is 0.550 e. The average Bonchev–Trinajstić information content (AvgIpc) is 2.94. The summed E-state index contributed by atoms with van der Waals surface area (Å²) in [5, 5.41) is 20.6. The molecule has 0 bridgehead atoms. The molecule has 0 rings (SSSR count). The van der Waals surface area contributed by atoms with E-state index in [0.717, 1.165) is 38.5 Å². The van der Waals surface area contributed by atoms with Gasteiger partial charge in [-0.3, -0.25) is 0 Å². The molecule has 44 heavy (non-hydrogen) atoms. The maximum absolute atomic E-state index is 11.3. The summed E-state index contributed by atoms with van der Waals surface area (Å²) in [4.78, 5) is 43.2. The van der Waals surface area contributed by atoms with Crippen LogP contribution in [0.4, 0.5) is 0 Å². The molecular weight excluding hydrogens is 582 g/mol. The van der Waals surface area contributed by atoms with Gasteiger partial charge in [-0.05, 0) is 12.8 Å². The molecule has 8 nitrogen and oxygen atoms in total. The first kappa shape index (κ1) is 50.2. The molecule has 0 spiro atoms. The Balaban J connectivity index is -0.000000348. The maximum Gasteiger partial charge on any atom is 1.00 e. The van der Waals surface area contributed by atoms with E-state index in [1.807, 2.05) is 0 Å². The molecule has 0 amide bonds. The van der Waals surface area contributed by atoms with Crippen LogP contribution in [0.3, 0.4) is 0 Å². The second-order valence-electron chi connectivity index (χ2n) is 10.9. The quantitative estimate of drug-likeness (QED) is 0.0517. The topological polar surface area (TPSA) is 133 Å². The van der Waals surface area contributed by atoms with Crippen molar-refractivity contribution in [2.45, 2.75) is 155 Å². The van der Waals surface area contributed by atoms with E-state index in [0.29, 0.717) is 13.2 Å². The molecule has 0 aliphatic heterocycles. The Hall–Kier alpha value is -0.640. The van der Waals surface area contributed by atoms with Gasteiger partial charge in [-0.1, -0.05) is 143 Å². The van der Waals surface area contributed by atoms with Crippen LogP contribution in [0.5, 0.6) is 0 Å². The van der Waals surface area contributed by atoms with Gasteiger partial charge in [0.1, 0.15) is 0 Å². The van der Waals surface area contributed by atoms with Crippen molar-refractivity contribution in [3.05, 3.63) is 24.3 Å². The Morgan fingerprint density at radius 1 is 0.455 bits per heavy atom. The van der Waals surface area contributed by atoms with Crippen LogP contribution in [0.2, 0.25) is 0 Å². The summed E-state index contributed by atoms with van der Waals surface area (Å²) in [6.07, 6.45) is 23.4. The van der Waals surface area contributed by atoms with Crippen molar-refractivity contribution >= 4 is 23.9 Å². The van der Waals surface area contributed by atoms with Gasteiger partial charge in [0.05, 0.1) is 13.2 Å². The molecule has 0 aromatic heterocycles. The molecular formula is C34H58Na2O8. The molecule has 0 heterocycles. The van der Waals surface area contributed by atoms with Gasteiger partial charge in [0, 0.05) is 35.9 Å². The molecule has 0 saturated carbocycles. The van der Waals surface area contributed by atoms with E-state index in [-0.39, 0.29) is 70.3 Å². The zero-order valence-electron chi connectivity index (χ0n) is 28.7. The number of hydrogen-bond donors (Lipinski definition) is 0.